The lowest BCUT2D eigenvalue weighted by Crippen LogP contribution is -2.42. The number of hydrogen-bond acceptors (Lipinski definition) is 3. The van der Waals surface area contributed by atoms with Crippen molar-refractivity contribution >= 4 is 27.7 Å². The Morgan fingerprint density at radius 2 is 2.31 bits per heavy atom. The molecule has 5 nitrogen and oxygen atoms in total. The fourth-order valence-corrected chi connectivity index (χ4v) is 1.47. The molecule has 1 amide bonds. The quantitative estimate of drug-likeness (QED) is 0.339. The summed E-state index contributed by atoms with van der Waals surface area (Å²) in [4.78, 5) is 11.7. The van der Waals surface area contributed by atoms with Gasteiger partial charge in [0.05, 0.1) is 6.04 Å². The molecule has 1 rings (SSSR count). The number of amidine groups is 1. The van der Waals surface area contributed by atoms with E-state index in [4.69, 9.17) is 10.9 Å². The third-order valence-electron chi connectivity index (χ3n) is 1.99. The molecule has 16 heavy (non-hydrogen) atoms. The van der Waals surface area contributed by atoms with E-state index in [-0.39, 0.29) is 11.7 Å². The van der Waals surface area contributed by atoms with E-state index in [1.165, 1.54) is 0 Å². The first-order valence-electron chi connectivity index (χ1n) is 4.58. The molecule has 0 fully saturated rings. The fourth-order valence-electron chi connectivity index (χ4n) is 1.07. The Balaban J connectivity index is 2.73. The second-order valence-corrected chi connectivity index (χ2v) is 4.15. The summed E-state index contributed by atoms with van der Waals surface area (Å²) in [6.45, 7) is 1.63. The maximum absolute atomic E-state index is 11.7. The van der Waals surface area contributed by atoms with Crippen LogP contribution in [0, 0.1) is 0 Å². The maximum Gasteiger partial charge on any atom is 0.251 e. The molecular weight excluding hydrogens is 274 g/mol. The van der Waals surface area contributed by atoms with Crippen LogP contribution in [-0.4, -0.2) is 23.0 Å². The van der Waals surface area contributed by atoms with Crippen LogP contribution in [0.4, 0.5) is 0 Å². The van der Waals surface area contributed by atoms with Gasteiger partial charge in [0.15, 0.2) is 5.84 Å². The Kier molecular flexibility index (Phi) is 4.30. The summed E-state index contributed by atoms with van der Waals surface area (Å²) < 4.78 is 0.816. The van der Waals surface area contributed by atoms with Crippen LogP contribution in [0.1, 0.15) is 17.3 Å². The summed E-state index contributed by atoms with van der Waals surface area (Å²) in [6, 6.07) is 6.43. The minimum Gasteiger partial charge on any atom is -0.409 e. The Morgan fingerprint density at radius 1 is 1.62 bits per heavy atom. The molecule has 6 heteroatoms. The lowest BCUT2D eigenvalue weighted by Gasteiger charge is -2.12. The van der Waals surface area contributed by atoms with Crippen LogP contribution in [0.15, 0.2) is 33.9 Å². The lowest BCUT2D eigenvalue weighted by atomic mass is 10.2. The summed E-state index contributed by atoms with van der Waals surface area (Å²) >= 11 is 3.27. The molecule has 0 radical (unpaired) electrons. The Morgan fingerprint density at radius 3 is 2.88 bits per heavy atom. The lowest BCUT2D eigenvalue weighted by molar-refractivity contribution is 0.0948. The zero-order valence-electron chi connectivity index (χ0n) is 8.64. The van der Waals surface area contributed by atoms with Crippen molar-refractivity contribution in [2.45, 2.75) is 13.0 Å². The van der Waals surface area contributed by atoms with Crippen molar-refractivity contribution in [2.24, 2.45) is 10.9 Å². The van der Waals surface area contributed by atoms with Gasteiger partial charge in [-0.05, 0) is 25.1 Å². The minimum atomic E-state index is -0.517. The SMILES string of the molecule is CC(NC(=O)c1cccc(Br)c1)/C(N)=N/O. The number of carbonyl (C=O) groups is 1. The van der Waals surface area contributed by atoms with E-state index < -0.39 is 6.04 Å². The second-order valence-electron chi connectivity index (χ2n) is 3.23. The van der Waals surface area contributed by atoms with Gasteiger partial charge in [0.2, 0.25) is 0 Å². The van der Waals surface area contributed by atoms with Gasteiger partial charge < -0.3 is 16.3 Å². The summed E-state index contributed by atoms with van der Waals surface area (Å²) in [5, 5.41) is 13.9. The first kappa shape index (κ1) is 12.5. The van der Waals surface area contributed by atoms with Crippen molar-refractivity contribution in [2.75, 3.05) is 0 Å². The molecule has 0 aliphatic heterocycles. The number of benzene rings is 1. The number of nitrogens with zero attached hydrogens (tertiary/aromatic N) is 1. The number of hydrogen-bond donors (Lipinski definition) is 3. The van der Waals surface area contributed by atoms with Gasteiger partial charge in [-0.3, -0.25) is 4.79 Å². The van der Waals surface area contributed by atoms with Crippen molar-refractivity contribution in [1.29, 1.82) is 0 Å². The van der Waals surface area contributed by atoms with Crippen molar-refractivity contribution in [1.82, 2.24) is 5.32 Å². The van der Waals surface area contributed by atoms with Gasteiger partial charge in [0.1, 0.15) is 0 Å². The van der Waals surface area contributed by atoms with Crippen LogP contribution in [0.2, 0.25) is 0 Å². The zero-order chi connectivity index (χ0) is 12.1. The monoisotopic (exact) mass is 285 g/mol. The van der Waals surface area contributed by atoms with Crippen molar-refractivity contribution in [3.8, 4) is 0 Å². The van der Waals surface area contributed by atoms with Crippen molar-refractivity contribution < 1.29 is 10.0 Å². The zero-order valence-corrected chi connectivity index (χ0v) is 10.2. The van der Waals surface area contributed by atoms with Gasteiger partial charge in [-0.2, -0.15) is 0 Å². The first-order valence-corrected chi connectivity index (χ1v) is 5.37. The fraction of sp³-hybridized carbons (Fsp3) is 0.200. The topological polar surface area (TPSA) is 87.7 Å². The van der Waals surface area contributed by atoms with E-state index in [9.17, 15) is 4.79 Å². The standard InChI is InChI=1S/C10H12BrN3O2/c1-6(9(12)14-16)13-10(15)7-3-2-4-8(11)5-7/h2-6,16H,1H3,(H2,12,14)(H,13,15). The molecule has 0 spiro atoms. The molecule has 0 aromatic heterocycles. The normalized spacial score (nSPS) is 13.2. The molecule has 0 heterocycles. The third kappa shape index (κ3) is 3.23. The Hall–Kier alpha value is -1.56. The van der Waals surface area contributed by atoms with Gasteiger partial charge in [0, 0.05) is 10.0 Å². The maximum atomic E-state index is 11.7. The largest absolute Gasteiger partial charge is 0.409 e. The number of rotatable bonds is 3. The van der Waals surface area contributed by atoms with E-state index in [0.29, 0.717) is 5.56 Å². The van der Waals surface area contributed by atoms with E-state index in [0.717, 1.165) is 4.47 Å². The summed E-state index contributed by atoms with van der Waals surface area (Å²) in [5.41, 5.74) is 5.86. The molecule has 1 unspecified atom stereocenters. The van der Waals surface area contributed by atoms with Gasteiger partial charge in [-0.15, -0.1) is 0 Å². The van der Waals surface area contributed by atoms with Crippen LogP contribution in [0.3, 0.4) is 0 Å². The molecule has 86 valence electrons. The summed E-state index contributed by atoms with van der Waals surface area (Å²) in [5.74, 6) is -0.316. The van der Waals surface area contributed by atoms with Crippen LogP contribution < -0.4 is 11.1 Å². The van der Waals surface area contributed by atoms with Crippen molar-refractivity contribution in [3.63, 3.8) is 0 Å². The van der Waals surface area contributed by atoms with Crippen LogP contribution >= 0.6 is 15.9 Å². The first-order chi connectivity index (χ1) is 7.54. The molecule has 0 aliphatic carbocycles. The van der Waals surface area contributed by atoms with Gasteiger partial charge >= 0.3 is 0 Å². The van der Waals surface area contributed by atoms with E-state index in [1.807, 2.05) is 6.07 Å². The molecule has 0 bridgehead atoms. The second kappa shape index (κ2) is 5.50. The summed E-state index contributed by atoms with van der Waals surface area (Å²) in [7, 11) is 0. The number of nitrogens with two attached hydrogens (primary N) is 1. The molecular formula is C10H12BrN3O2. The Labute approximate surface area is 101 Å². The average Bonchev–Trinajstić information content (AvgIpc) is 2.27. The highest BCUT2D eigenvalue weighted by Crippen LogP contribution is 2.11. The number of amides is 1. The highest BCUT2D eigenvalue weighted by atomic mass is 79.9. The van der Waals surface area contributed by atoms with E-state index in [2.05, 4.69) is 26.4 Å². The van der Waals surface area contributed by atoms with Crippen LogP contribution in [0.25, 0.3) is 0 Å². The predicted octanol–water partition coefficient (Wildman–Crippen LogP) is 1.31. The molecule has 1 aromatic rings. The molecule has 0 saturated heterocycles. The molecule has 0 aliphatic rings. The van der Waals surface area contributed by atoms with Crippen LogP contribution in [0.5, 0.6) is 0 Å². The number of carbonyl (C=O) groups excluding carboxylic acids is 1. The van der Waals surface area contributed by atoms with Crippen LogP contribution in [-0.2, 0) is 0 Å². The van der Waals surface area contributed by atoms with Crippen molar-refractivity contribution in [3.05, 3.63) is 34.3 Å². The molecule has 0 saturated carbocycles. The van der Waals surface area contributed by atoms with Gasteiger partial charge in [-0.1, -0.05) is 27.2 Å². The number of nitrogens with one attached hydrogen (secondary N) is 1. The number of halogens is 1. The predicted molar refractivity (Wildman–Crippen MR) is 64.5 cm³/mol. The van der Waals surface area contributed by atoms with E-state index >= 15 is 0 Å². The van der Waals surface area contributed by atoms with E-state index in [1.54, 1.807) is 25.1 Å². The average molecular weight is 286 g/mol. The Bertz CT molecular complexity index is 420. The molecule has 1 atom stereocenters. The van der Waals surface area contributed by atoms with Gasteiger partial charge in [0.25, 0.3) is 5.91 Å². The molecule has 1 aromatic carbocycles. The minimum absolute atomic E-state index is 0.0386. The smallest absolute Gasteiger partial charge is 0.251 e. The van der Waals surface area contributed by atoms with Gasteiger partial charge in [-0.25, -0.2) is 0 Å². The third-order valence-corrected chi connectivity index (χ3v) is 2.49. The molecule has 4 N–H and O–H groups in total. The number of oxime groups is 1. The summed E-state index contributed by atoms with van der Waals surface area (Å²) in [6.07, 6.45) is 0. The highest BCUT2D eigenvalue weighted by Gasteiger charge is 2.12. The highest BCUT2D eigenvalue weighted by molar-refractivity contribution is 9.10.